The zero-order valence-corrected chi connectivity index (χ0v) is 18.6. The smallest absolute Gasteiger partial charge is 0.257 e. The lowest BCUT2D eigenvalue weighted by Crippen LogP contribution is -2.38. The normalized spacial score (nSPS) is 10.8. The quantitative estimate of drug-likeness (QED) is 0.403. The molecule has 32 heavy (non-hydrogen) atoms. The summed E-state index contributed by atoms with van der Waals surface area (Å²) in [5.74, 6) is 1.03. The van der Waals surface area contributed by atoms with Crippen LogP contribution in [0, 0.1) is 0 Å². The minimum Gasteiger partial charge on any atom is -0.491 e. The van der Waals surface area contributed by atoms with Crippen LogP contribution in [0.4, 0.5) is 0 Å². The second-order valence-corrected chi connectivity index (χ2v) is 7.92. The summed E-state index contributed by atoms with van der Waals surface area (Å²) >= 11 is 5.26. The fraction of sp³-hybridized carbons (Fsp3) is 0.160. The number of rotatable bonds is 6. The third-order valence-electron chi connectivity index (χ3n) is 4.66. The molecule has 3 aromatic carbocycles. The van der Waals surface area contributed by atoms with Gasteiger partial charge in [-0.3, -0.25) is 10.1 Å². The third-order valence-corrected chi connectivity index (χ3v) is 4.91. The number of hydrogen-bond donors (Lipinski definition) is 2. The first-order chi connectivity index (χ1) is 15.5. The van der Waals surface area contributed by atoms with Crippen LogP contribution in [-0.4, -0.2) is 22.1 Å². The molecule has 0 aliphatic heterocycles. The molecule has 2 N–H and O–H groups in total. The Labute approximate surface area is 191 Å². The number of aromatic nitrogens is 1. The summed E-state index contributed by atoms with van der Waals surface area (Å²) in [7, 11) is 0. The molecule has 4 aromatic rings. The number of oxazole rings is 1. The highest BCUT2D eigenvalue weighted by Gasteiger charge is 2.10. The van der Waals surface area contributed by atoms with E-state index in [-0.39, 0.29) is 17.1 Å². The lowest BCUT2D eigenvalue weighted by Gasteiger charge is -2.11. The summed E-state index contributed by atoms with van der Waals surface area (Å²) in [6, 6.07) is 22.5. The molecule has 0 aliphatic rings. The van der Waals surface area contributed by atoms with Gasteiger partial charge in [0.1, 0.15) is 11.3 Å². The first kappa shape index (κ1) is 21.5. The molecule has 1 heterocycles. The summed E-state index contributed by atoms with van der Waals surface area (Å²) in [6.45, 7) is 4.39. The molecule has 0 saturated heterocycles. The number of hydrogen-bond acceptors (Lipinski definition) is 5. The summed E-state index contributed by atoms with van der Waals surface area (Å²) in [4.78, 5) is 16.9. The number of benzene rings is 3. The SMILES string of the molecule is CC(C)Oc1ccc(C(=O)NC(=S)NCc2ccc(-c3nc4ccccc4o3)cc2)cc1. The number of carbonyl (C=O) groups is 1. The second-order valence-electron chi connectivity index (χ2n) is 7.51. The fourth-order valence-corrected chi connectivity index (χ4v) is 3.28. The molecule has 0 fully saturated rings. The van der Waals surface area contributed by atoms with Gasteiger partial charge in [0.25, 0.3) is 5.91 Å². The van der Waals surface area contributed by atoms with Gasteiger partial charge in [-0.25, -0.2) is 4.98 Å². The number of thiocarbonyl (C=S) groups is 1. The highest BCUT2D eigenvalue weighted by atomic mass is 32.1. The molecule has 6 nitrogen and oxygen atoms in total. The van der Waals surface area contributed by atoms with E-state index >= 15 is 0 Å². The van der Waals surface area contributed by atoms with E-state index in [1.54, 1.807) is 24.3 Å². The molecular weight excluding hydrogens is 422 g/mol. The van der Waals surface area contributed by atoms with Crippen LogP contribution < -0.4 is 15.4 Å². The zero-order chi connectivity index (χ0) is 22.5. The Hall–Kier alpha value is -3.71. The van der Waals surface area contributed by atoms with Crippen molar-refractivity contribution in [3.8, 4) is 17.2 Å². The fourth-order valence-electron chi connectivity index (χ4n) is 3.12. The van der Waals surface area contributed by atoms with Crippen molar-refractivity contribution in [2.75, 3.05) is 0 Å². The molecule has 0 saturated carbocycles. The Bertz CT molecular complexity index is 1200. The Morgan fingerprint density at radius 3 is 2.44 bits per heavy atom. The largest absolute Gasteiger partial charge is 0.491 e. The number of para-hydroxylation sites is 2. The van der Waals surface area contributed by atoms with Crippen molar-refractivity contribution in [2.45, 2.75) is 26.5 Å². The molecule has 0 unspecified atom stereocenters. The van der Waals surface area contributed by atoms with E-state index in [1.807, 2.05) is 62.4 Å². The van der Waals surface area contributed by atoms with Gasteiger partial charge >= 0.3 is 0 Å². The first-order valence-corrected chi connectivity index (χ1v) is 10.7. The Kier molecular flexibility index (Phi) is 6.47. The van der Waals surface area contributed by atoms with Crippen molar-refractivity contribution in [3.63, 3.8) is 0 Å². The predicted molar refractivity (Wildman–Crippen MR) is 129 cm³/mol. The van der Waals surface area contributed by atoms with Gasteiger partial charge in [-0.15, -0.1) is 0 Å². The van der Waals surface area contributed by atoms with E-state index in [4.69, 9.17) is 21.4 Å². The molecule has 0 bridgehead atoms. The van der Waals surface area contributed by atoms with Crippen molar-refractivity contribution in [1.82, 2.24) is 15.6 Å². The van der Waals surface area contributed by atoms with Gasteiger partial charge in [-0.2, -0.15) is 0 Å². The second kappa shape index (κ2) is 9.62. The van der Waals surface area contributed by atoms with Crippen LogP contribution in [0.1, 0.15) is 29.8 Å². The summed E-state index contributed by atoms with van der Waals surface area (Å²) in [6.07, 6.45) is 0.0792. The summed E-state index contributed by atoms with van der Waals surface area (Å²) in [5.41, 5.74) is 4.00. The Balaban J connectivity index is 1.30. The van der Waals surface area contributed by atoms with Gasteiger partial charge in [0.15, 0.2) is 10.7 Å². The maximum Gasteiger partial charge on any atom is 0.257 e. The van der Waals surface area contributed by atoms with Gasteiger partial charge < -0.3 is 14.5 Å². The van der Waals surface area contributed by atoms with Gasteiger partial charge in [0.05, 0.1) is 6.10 Å². The van der Waals surface area contributed by atoms with Crippen molar-refractivity contribution in [3.05, 3.63) is 83.9 Å². The number of ether oxygens (including phenoxy) is 1. The molecule has 162 valence electrons. The molecule has 4 rings (SSSR count). The highest BCUT2D eigenvalue weighted by Crippen LogP contribution is 2.24. The maximum absolute atomic E-state index is 12.4. The molecule has 0 spiro atoms. The number of carbonyl (C=O) groups excluding carboxylic acids is 1. The van der Waals surface area contributed by atoms with E-state index in [0.717, 1.165) is 28.0 Å². The standard InChI is InChI=1S/C25H23N3O3S/c1-16(2)30-20-13-11-18(12-14-20)23(29)28-25(32)26-15-17-7-9-19(10-8-17)24-27-21-5-3-4-6-22(21)31-24/h3-14,16H,15H2,1-2H3,(H2,26,28,29,32). The molecule has 1 amide bonds. The predicted octanol–water partition coefficient (Wildman–Crippen LogP) is 5.09. The average Bonchev–Trinajstić information content (AvgIpc) is 3.22. The first-order valence-electron chi connectivity index (χ1n) is 10.3. The van der Waals surface area contributed by atoms with Gasteiger partial charge in [-0.05, 0) is 80.2 Å². The third kappa shape index (κ3) is 5.31. The minimum absolute atomic E-state index is 0.0792. The van der Waals surface area contributed by atoms with Crippen molar-refractivity contribution < 1.29 is 13.9 Å². The molecule has 7 heteroatoms. The van der Waals surface area contributed by atoms with E-state index in [0.29, 0.717) is 18.0 Å². The lowest BCUT2D eigenvalue weighted by atomic mass is 10.1. The molecule has 0 radical (unpaired) electrons. The van der Waals surface area contributed by atoms with Crippen LogP contribution in [0.15, 0.2) is 77.2 Å². The van der Waals surface area contributed by atoms with Crippen LogP contribution in [0.2, 0.25) is 0 Å². The van der Waals surface area contributed by atoms with Gasteiger partial charge in [-0.1, -0.05) is 24.3 Å². The average molecular weight is 446 g/mol. The Morgan fingerprint density at radius 1 is 1.03 bits per heavy atom. The summed E-state index contributed by atoms with van der Waals surface area (Å²) in [5, 5.41) is 6.01. The minimum atomic E-state index is -0.273. The lowest BCUT2D eigenvalue weighted by molar-refractivity contribution is 0.0976. The van der Waals surface area contributed by atoms with Crippen LogP contribution in [0.25, 0.3) is 22.6 Å². The van der Waals surface area contributed by atoms with Crippen molar-refractivity contribution in [1.29, 1.82) is 0 Å². The van der Waals surface area contributed by atoms with Crippen molar-refractivity contribution >= 4 is 34.3 Å². The number of nitrogens with zero attached hydrogens (tertiary/aromatic N) is 1. The van der Waals surface area contributed by atoms with E-state index in [2.05, 4.69) is 15.6 Å². The van der Waals surface area contributed by atoms with E-state index in [1.165, 1.54) is 0 Å². The van der Waals surface area contributed by atoms with E-state index < -0.39 is 0 Å². The van der Waals surface area contributed by atoms with Gasteiger partial charge in [0.2, 0.25) is 5.89 Å². The maximum atomic E-state index is 12.4. The Morgan fingerprint density at radius 2 is 1.75 bits per heavy atom. The number of amides is 1. The summed E-state index contributed by atoms with van der Waals surface area (Å²) < 4.78 is 11.4. The molecular formula is C25H23N3O3S. The van der Waals surface area contributed by atoms with Crippen LogP contribution in [0.5, 0.6) is 5.75 Å². The number of nitrogens with one attached hydrogen (secondary N) is 2. The van der Waals surface area contributed by atoms with Crippen molar-refractivity contribution in [2.24, 2.45) is 0 Å². The van der Waals surface area contributed by atoms with E-state index in [9.17, 15) is 4.79 Å². The van der Waals surface area contributed by atoms with Crippen LogP contribution in [0.3, 0.4) is 0 Å². The van der Waals surface area contributed by atoms with Gasteiger partial charge in [0, 0.05) is 17.7 Å². The topological polar surface area (TPSA) is 76.4 Å². The highest BCUT2D eigenvalue weighted by molar-refractivity contribution is 7.80. The zero-order valence-electron chi connectivity index (χ0n) is 17.8. The van der Waals surface area contributed by atoms with Crippen LogP contribution >= 0.6 is 12.2 Å². The number of fused-ring (bicyclic) bond motifs is 1. The molecule has 1 aromatic heterocycles. The molecule has 0 aliphatic carbocycles. The van der Waals surface area contributed by atoms with Crippen LogP contribution in [-0.2, 0) is 6.54 Å². The monoisotopic (exact) mass is 445 g/mol. The molecule has 0 atom stereocenters.